The van der Waals surface area contributed by atoms with Crippen LogP contribution in [0.2, 0.25) is 0 Å². The molecule has 0 saturated carbocycles. The fourth-order valence-corrected chi connectivity index (χ4v) is 1.72. The lowest BCUT2D eigenvalue weighted by atomic mass is 10.3. The van der Waals surface area contributed by atoms with E-state index in [2.05, 4.69) is 15.9 Å². The van der Waals surface area contributed by atoms with Crippen LogP contribution in [0.15, 0.2) is 27.6 Å². The standard InChI is InChI=1S/C6H3BrClFS/c7-4-1-2-5(9)6(3-4)10-8/h1-3H. The third-order valence-corrected chi connectivity index (χ3v) is 2.45. The number of rotatable bonds is 1. The second-order valence-electron chi connectivity index (χ2n) is 1.65. The molecule has 10 heavy (non-hydrogen) atoms. The average Bonchev–Trinajstić information content (AvgIpc) is 1.94. The molecule has 0 radical (unpaired) electrons. The third-order valence-electron chi connectivity index (χ3n) is 0.976. The molecule has 0 heterocycles. The molecule has 0 fully saturated rings. The van der Waals surface area contributed by atoms with Crippen molar-refractivity contribution in [1.29, 1.82) is 0 Å². The van der Waals surface area contributed by atoms with Gasteiger partial charge in [0.2, 0.25) is 0 Å². The van der Waals surface area contributed by atoms with Gasteiger partial charge in [0.1, 0.15) is 5.82 Å². The van der Waals surface area contributed by atoms with Gasteiger partial charge in [-0.3, -0.25) is 0 Å². The lowest BCUT2D eigenvalue weighted by Gasteiger charge is -1.95. The van der Waals surface area contributed by atoms with E-state index in [1.54, 1.807) is 12.1 Å². The lowest BCUT2D eigenvalue weighted by Crippen LogP contribution is -1.76. The van der Waals surface area contributed by atoms with Crippen molar-refractivity contribution in [3.8, 4) is 0 Å². The summed E-state index contributed by atoms with van der Waals surface area (Å²) in [6.07, 6.45) is 0. The van der Waals surface area contributed by atoms with Gasteiger partial charge in [-0.25, -0.2) is 4.39 Å². The fourth-order valence-electron chi connectivity index (χ4n) is 0.536. The zero-order valence-electron chi connectivity index (χ0n) is 4.77. The van der Waals surface area contributed by atoms with E-state index in [0.717, 1.165) is 15.4 Å². The molecule has 4 heteroatoms. The van der Waals surface area contributed by atoms with Gasteiger partial charge in [0.15, 0.2) is 0 Å². The maximum absolute atomic E-state index is 12.6. The number of hydrogen-bond acceptors (Lipinski definition) is 1. The van der Waals surface area contributed by atoms with Gasteiger partial charge in [-0.2, -0.15) is 0 Å². The van der Waals surface area contributed by atoms with Gasteiger partial charge < -0.3 is 0 Å². The molecule has 0 bridgehead atoms. The topological polar surface area (TPSA) is 0 Å². The quantitative estimate of drug-likeness (QED) is 0.720. The minimum Gasteiger partial charge on any atom is -0.206 e. The normalized spacial score (nSPS) is 9.90. The van der Waals surface area contributed by atoms with Crippen molar-refractivity contribution >= 4 is 37.6 Å². The Morgan fingerprint density at radius 3 is 2.70 bits per heavy atom. The van der Waals surface area contributed by atoms with Gasteiger partial charge in [0.25, 0.3) is 0 Å². The van der Waals surface area contributed by atoms with E-state index in [-0.39, 0.29) is 5.82 Å². The van der Waals surface area contributed by atoms with Crippen LogP contribution >= 0.6 is 37.6 Å². The summed E-state index contributed by atoms with van der Waals surface area (Å²) in [5.74, 6) is -0.289. The molecule has 0 N–H and O–H groups in total. The Kier molecular flexibility index (Phi) is 3.01. The summed E-state index contributed by atoms with van der Waals surface area (Å²) in [7, 11) is 6.24. The first kappa shape index (κ1) is 8.37. The summed E-state index contributed by atoms with van der Waals surface area (Å²) >= 11 is 3.20. The third kappa shape index (κ3) is 1.87. The molecule has 1 rings (SSSR count). The monoisotopic (exact) mass is 240 g/mol. The van der Waals surface area contributed by atoms with Gasteiger partial charge in [-0.05, 0) is 39.9 Å². The van der Waals surface area contributed by atoms with E-state index in [9.17, 15) is 4.39 Å². The zero-order valence-corrected chi connectivity index (χ0v) is 7.93. The van der Waals surface area contributed by atoms with Crippen molar-refractivity contribution in [2.75, 3.05) is 0 Å². The lowest BCUT2D eigenvalue weighted by molar-refractivity contribution is 0.602. The minimum atomic E-state index is -0.289. The molecule has 0 atom stereocenters. The van der Waals surface area contributed by atoms with Crippen LogP contribution in [0.5, 0.6) is 0 Å². The molecule has 0 unspecified atom stereocenters. The van der Waals surface area contributed by atoms with Gasteiger partial charge >= 0.3 is 0 Å². The summed E-state index contributed by atoms with van der Waals surface area (Å²) in [4.78, 5) is 0.441. The van der Waals surface area contributed by atoms with Gasteiger partial charge in [-0.1, -0.05) is 15.9 Å². The molecule has 54 valence electrons. The SMILES string of the molecule is Fc1ccc(Br)cc1SCl. The molecule has 1 aromatic rings. The van der Waals surface area contributed by atoms with Crippen molar-refractivity contribution in [2.45, 2.75) is 4.90 Å². The van der Waals surface area contributed by atoms with Gasteiger partial charge in [0, 0.05) is 4.47 Å². The molecule has 0 aliphatic rings. The molecule has 0 saturated heterocycles. The Morgan fingerprint density at radius 1 is 1.50 bits per heavy atom. The Balaban J connectivity index is 3.09. The molecular weight excluding hydrogens is 238 g/mol. The number of halogens is 3. The molecule has 1 aromatic carbocycles. The Morgan fingerprint density at radius 2 is 2.20 bits per heavy atom. The number of benzene rings is 1. The predicted octanol–water partition coefficient (Wildman–Crippen LogP) is 3.83. The van der Waals surface area contributed by atoms with Crippen molar-refractivity contribution in [2.24, 2.45) is 0 Å². The van der Waals surface area contributed by atoms with E-state index in [1.807, 2.05) is 0 Å². The van der Waals surface area contributed by atoms with Crippen molar-refractivity contribution in [3.63, 3.8) is 0 Å². The van der Waals surface area contributed by atoms with E-state index < -0.39 is 0 Å². The van der Waals surface area contributed by atoms with Crippen LogP contribution in [-0.4, -0.2) is 0 Å². The average molecular weight is 242 g/mol. The smallest absolute Gasteiger partial charge is 0.138 e. The summed E-state index contributed by atoms with van der Waals surface area (Å²) in [6.45, 7) is 0. The van der Waals surface area contributed by atoms with Crippen LogP contribution in [0, 0.1) is 5.82 Å². The summed E-state index contributed by atoms with van der Waals surface area (Å²) < 4.78 is 13.5. The minimum absolute atomic E-state index is 0.289. The van der Waals surface area contributed by atoms with Gasteiger partial charge in [-0.15, -0.1) is 0 Å². The van der Waals surface area contributed by atoms with Crippen LogP contribution in [0.1, 0.15) is 0 Å². The van der Waals surface area contributed by atoms with Crippen LogP contribution in [0.4, 0.5) is 4.39 Å². The van der Waals surface area contributed by atoms with Crippen LogP contribution < -0.4 is 0 Å². The summed E-state index contributed by atoms with van der Waals surface area (Å²) in [5, 5.41) is 0. The Bertz CT molecular complexity index is 241. The first-order valence-corrected chi connectivity index (χ1v) is 4.91. The Hall–Kier alpha value is 0.270. The molecular formula is C6H3BrClFS. The summed E-state index contributed by atoms with van der Waals surface area (Å²) in [6, 6.07) is 4.63. The molecule has 0 aliphatic carbocycles. The van der Waals surface area contributed by atoms with Crippen molar-refractivity contribution in [3.05, 3.63) is 28.5 Å². The molecule has 0 nitrogen and oxygen atoms in total. The summed E-state index contributed by atoms with van der Waals surface area (Å²) in [5.41, 5.74) is 0. The largest absolute Gasteiger partial charge is 0.206 e. The van der Waals surface area contributed by atoms with Crippen LogP contribution in [0.3, 0.4) is 0 Å². The van der Waals surface area contributed by atoms with Crippen molar-refractivity contribution < 1.29 is 4.39 Å². The highest BCUT2D eigenvalue weighted by Crippen LogP contribution is 2.27. The molecule has 0 aliphatic heterocycles. The van der Waals surface area contributed by atoms with E-state index in [1.165, 1.54) is 6.07 Å². The fraction of sp³-hybridized carbons (Fsp3) is 0. The molecule has 0 spiro atoms. The Labute approximate surface area is 75.4 Å². The van der Waals surface area contributed by atoms with Crippen LogP contribution in [-0.2, 0) is 0 Å². The highest BCUT2D eigenvalue weighted by molar-refractivity contribution is 9.10. The predicted molar refractivity (Wildman–Crippen MR) is 45.8 cm³/mol. The van der Waals surface area contributed by atoms with Crippen molar-refractivity contribution in [1.82, 2.24) is 0 Å². The number of hydrogen-bond donors (Lipinski definition) is 0. The second-order valence-corrected chi connectivity index (χ2v) is 3.62. The van der Waals surface area contributed by atoms with Gasteiger partial charge in [0.05, 0.1) is 4.90 Å². The molecule has 0 aromatic heterocycles. The van der Waals surface area contributed by atoms with E-state index in [0.29, 0.717) is 4.90 Å². The van der Waals surface area contributed by atoms with E-state index >= 15 is 0 Å². The highest BCUT2D eigenvalue weighted by atomic mass is 79.9. The second kappa shape index (κ2) is 3.60. The zero-order chi connectivity index (χ0) is 7.56. The maximum atomic E-state index is 12.6. The first-order chi connectivity index (χ1) is 4.74. The maximum Gasteiger partial charge on any atom is 0.138 e. The van der Waals surface area contributed by atoms with Crippen LogP contribution in [0.25, 0.3) is 0 Å². The van der Waals surface area contributed by atoms with E-state index in [4.69, 9.17) is 10.7 Å². The molecule has 0 amide bonds. The highest BCUT2D eigenvalue weighted by Gasteiger charge is 2.00. The first-order valence-electron chi connectivity index (χ1n) is 2.47.